The Hall–Kier alpha value is -4.60. The zero-order chi connectivity index (χ0) is 25.7. The van der Waals surface area contributed by atoms with Crippen LogP contribution in [-0.4, -0.2) is 37.7 Å². The summed E-state index contributed by atoms with van der Waals surface area (Å²) in [5.74, 6) is -0.0711. The fraction of sp³-hybridized carbons (Fsp3) is 0.231. The van der Waals surface area contributed by atoms with Gasteiger partial charge in [0.05, 0.1) is 31.1 Å². The molecule has 0 fully saturated rings. The van der Waals surface area contributed by atoms with Gasteiger partial charge in [0.25, 0.3) is 11.8 Å². The molecule has 0 bridgehead atoms. The van der Waals surface area contributed by atoms with Crippen molar-refractivity contribution in [2.24, 2.45) is 5.10 Å². The quantitative estimate of drug-likeness (QED) is 0.455. The molecule has 2 aromatic carbocycles. The number of carbonyl (C=O) groups excluding carboxylic acids is 3. The number of rotatable bonds is 6. The predicted molar refractivity (Wildman–Crippen MR) is 131 cm³/mol. The molecule has 10 heteroatoms. The highest BCUT2D eigenvalue weighted by Crippen LogP contribution is 2.30. The van der Waals surface area contributed by atoms with E-state index in [4.69, 9.17) is 13.9 Å². The topological polar surface area (TPSA) is 131 Å². The Kier molecular flexibility index (Phi) is 7.33. The maximum absolute atomic E-state index is 12.8. The van der Waals surface area contributed by atoms with Crippen molar-refractivity contribution in [1.29, 1.82) is 0 Å². The minimum atomic E-state index is -0.609. The van der Waals surface area contributed by atoms with Gasteiger partial charge in [-0.05, 0) is 44.0 Å². The molecule has 0 aliphatic heterocycles. The summed E-state index contributed by atoms with van der Waals surface area (Å²) in [7, 11) is 2.95. The summed E-state index contributed by atoms with van der Waals surface area (Å²) >= 11 is 0. The van der Waals surface area contributed by atoms with Crippen molar-refractivity contribution < 1.29 is 28.3 Å². The lowest BCUT2D eigenvalue weighted by atomic mass is 9.93. The van der Waals surface area contributed by atoms with Gasteiger partial charge in [0.1, 0.15) is 17.3 Å². The van der Waals surface area contributed by atoms with Crippen LogP contribution in [0.4, 0.5) is 0 Å². The summed E-state index contributed by atoms with van der Waals surface area (Å²) in [6.07, 6.45) is 1.97. The van der Waals surface area contributed by atoms with Crippen molar-refractivity contribution in [2.75, 3.05) is 14.2 Å². The van der Waals surface area contributed by atoms with Gasteiger partial charge >= 0.3 is 5.91 Å². The van der Waals surface area contributed by atoms with Crippen LogP contribution in [0.25, 0.3) is 0 Å². The fourth-order valence-electron chi connectivity index (χ4n) is 4.08. The van der Waals surface area contributed by atoms with Crippen molar-refractivity contribution in [3.8, 4) is 11.5 Å². The first kappa shape index (κ1) is 24.5. The van der Waals surface area contributed by atoms with Gasteiger partial charge in [0.15, 0.2) is 5.76 Å². The predicted octanol–water partition coefficient (Wildman–Crippen LogP) is 3.15. The van der Waals surface area contributed by atoms with E-state index in [1.165, 1.54) is 14.2 Å². The number of benzene rings is 2. The maximum Gasteiger partial charge on any atom is 0.305 e. The summed E-state index contributed by atoms with van der Waals surface area (Å²) in [4.78, 5) is 38.0. The molecule has 0 saturated carbocycles. The molecule has 10 nitrogen and oxygen atoms in total. The minimum absolute atomic E-state index is 0.0611. The van der Waals surface area contributed by atoms with Gasteiger partial charge in [-0.25, -0.2) is 5.43 Å². The standard InChI is InChI=1S/C26H26N4O6/c1-15-22-18(27-28-24(31)16-9-4-6-12-19(16)34-2)11-8-14-21(22)36-23(15)26(33)30-29-25(32)17-10-5-7-13-20(17)35-3/h4-7,9-10,12-13H,8,11,14H2,1-3H3,(H,28,31)(H,29,32)(H,30,33)/b27-18+. The highest BCUT2D eigenvalue weighted by molar-refractivity contribution is 6.07. The van der Waals surface area contributed by atoms with Crippen LogP contribution in [0.2, 0.25) is 0 Å². The Bertz CT molecular complexity index is 1340. The number of ether oxygens (including phenoxy) is 2. The van der Waals surface area contributed by atoms with Crippen molar-refractivity contribution in [3.05, 3.63) is 82.3 Å². The second-order valence-electron chi connectivity index (χ2n) is 8.02. The van der Waals surface area contributed by atoms with E-state index < -0.39 is 17.7 Å². The Morgan fingerprint density at radius 3 is 2.06 bits per heavy atom. The van der Waals surface area contributed by atoms with Crippen LogP contribution in [0.3, 0.4) is 0 Å². The van der Waals surface area contributed by atoms with Gasteiger partial charge < -0.3 is 13.9 Å². The highest BCUT2D eigenvalue weighted by Gasteiger charge is 2.28. The normalized spacial score (nSPS) is 13.5. The van der Waals surface area contributed by atoms with E-state index in [0.29, 0.717) is 52.5 Å². The van der Waals surface area contributed by atoms with Crippen LogP contribution < -0.4 is 25.8 Å². The molecule has 1 aromatic heterocycles. The molecule has 1 aliphatic carbocycles. The van der Waals surface area contributed by atoms with Crippen LogP contribution in [-0.2, 0) is 6.42 Å². The van der Waals surface area contributed by atoms with Gasteiger partial charge in [-0.1, -0.05) is 24.3 Å². The minimum Gasteiger partial charge on any atom is -0.496 e. The largest absolute Gasteiger partial charge is 0.496 e. The Balaban J connectivity index is 1.49. The number of nitrogens with zero attached hydrogens (tertiary/aromatic N) is 1. The van der Waals surface area contributed by atoms with Crippen molar-refractivity contribution >= 4 is 23.4 Å². The molecular weight excluding hydrogens is 464 g/mol. The van der Waals surface area contributed by atoms with Crippen LogP contribution in [0.5, 0.6) is 11.5 Å². The van der Waals surface area contributed by atoms with E-state index >= 15 is 0 Å². The summed E-state index contributed by atoms with van der Waals surface area (Å²) in [6.45, 7) is 1.74. The van der Waals surface area contributed by atoms with Crippen molar-refractivity contribution in [1.82, 2.24) is 16.3 Å². The molecular formula is C26H26N4O6. The van der Waals surface area contributed by atoms with E-state index in [0.717, 1.165) is 6.42 Å². The van der Waals surface area contributed by atoms with Gasteiger partial charge in [-0.15, -0.1) is 0 Å². The zero-order valence-electron chi connectivity index (χ0n) is 20.1. The lowest BCUT2D eigenvalue weighted by molar-refractivity contribution is 0.0827. The summed E-state index contributed by atoms with van der Waals surface area (Å²) in [5, 5.41) is 4.33. The van der Waals surface area contributed by atoms with Gasteiger partial charge in [0, 0.05) is 17.5 Å². The van der Waals surface area contributed by atoms with E-state index in [-0.39, 0.29) is 11.3 Å². The lowest BCUT2D eigenvalue weighted by Crippen LogP contribution is -2.41. The van der Waals surface area contributed by atoms with Gasteiger partial charge in [-0.2, -0.15) is 5.10 Å². The number of furan rings is 1. The Morgan fingerprint density at radius 2 is 1.42 bits per heavy atom. The smallest absolute Gasteiger partial charge is 0.305 e. The van der Waals surface area contributed by atoms with Crippen LogP contribution >= 0.6 is 0 Å². The monoisotopic (exact) mass is 490 g/mol. The first-order valence-corrected chi connectivity index (χ1v) is 11.3. The fourth-order valence-corrected chi connectivity index (χ4v) is 4.08. The molecule has 4 rings (SSSR count). The highest BCUT2D eigenvalue weighted by atomic mass is 16.5. The second kappa shape index (κ2) is 10.8. The SMILES string of the molecule is COc1ccccc1C(=O)N/N=C1\CCCc2oc(C(=O)NNC(=O)c3ccccc3OC)c(C)c21. The average Bonchev–Trinajstić information content (AvgIpc) is 3.26. The first-order valence-electron chi connectivity index (χ1n) is 11.3. The molecule has 3 amide bonds. The number of hydrogen-bond acceptors (Lipinski definition) is 7. The maximum atomic E-state index is 12.8. The molecule has 0 spiro atoms. The van der Waals surface area contributed by atoms with Crippen molar-refractivity contribution in [3.63, 3.8) is 0 Å². The summed E-state index contributed by atoms with van der Waals surface area (Å²) in [6, 6.07) is 13.5. The Morgan fingerprint density at radius 1 is 0.833 bits per heavy atom. The summed E-state index contributed by atoms with van der Waals surface area (Å²) in [5.41, 5.74) is 9.84. The van der Waals surface area contributed by atoms with E-state index in [9.17, 15) is 14.4 Å². The average molecular weight is 491 g/mol. The zero-order valence-corrected chi connectivity index (χ0v) is 20.1. The number of nitrogens with one attached hydrogen (secondary N) is 3. The third-order valence-electron chi connectivity index (χ3n) is 5.82. The third kappa shape index (κ3) is 4.92. The molecule has 0 saturated heterocycles. The van der Waals surface area contributed by atoms with E-state index in [1.807, 2.05) is 0 Å². The molecule has 36 heavy (non-hydrogen) atoms. The summed E-state index contributed by atoms with van der Waals surface area (Å²) < 4.78 is 16.3. The third-order valence-corrected chi connectivity index (χ3v) is 5.82. The number of hydrazone groups is 1. The van der Waals surface area contributed by atoms with Crippen LogP contribution in [0, 0.1) is 6.92 Å². The second-order valence-corrected chi connectivity index (χ2v) is 8.02. The molecule has 0 radical (unpaired) electrons. The number of amides is 3. The molecule has 186 valence electrons. The van der Waals surface area contributed by atoms with Crippen molar-refractivity contribution in [2.45, 2.75) is 26.2 Å². The number of hydrazine groups is 1. The lowest BCUT2D eigenvalue weighted by Gasteiger charge is -2.14. The Labute approximate surface area is 207 Å². The van der Waals surface area contributed by atoms with Crippen LogP contribution in [0.1, 0.15) is 61.0 Å². The van der Waals surface area contributed by atoms with Gasteiger partial charge in [0.2, 0.25) is 0 Å². The number of hydrogen-bond donors (Lipinski definition) is 3. The number of aryl methyl sites for hydroxylation is 1. The number of fused-ring (bicyclic) bond motifs is 1. The molecule has 0 unspecified atom stereocenters. The number of para-hydroxylation sites is 2. The molecule has 3 aromatic rings. The molecule has 0 atom stereocenters. The molecule has 3 N–H and O–H groups in total. The number of carbonyl (C=O) groups is 3. The van der Waals surface area contributed by atoms with E-state index in [2.05, 4.69) is 21.4 Å². The first-order chi connectivity index (χ1) is 17.4. The van der Waals surface area contributed by atoms with Crippen LogP contribution in [0.15, 0.2) is 58.0 Å². The number of methoxy groups -OCH3 is 2. The van der Waals surface area contributed by atoms with Gasteiger partial charge in [-0.3, -0.25) is 25.2 Å². The molecule has 1 aliphatic rings. The van der Waals surface area contributed by atoms with E-state index in [1.54, 1.807) is 55.5 Å². The molecule has 1 heterocycles.